The van der Waals surface area contributed by atoms with Gasteiger partial charge in [-0.3, -0.25) is 14.6 Å². The fourth-order valence-corrected chi connectivity index (χ4v) is 4.48. The normalized spacial score (nSPS) is 14.3. The van der Waals surface area contributed by atoms with E-state index >= 15 is 0 Å². The third-order valence-electron chi connectivity index (χ3n) is 5.36. The molecular formula is C23H25N3O5S. The lowest BCUT2D eigenvalue weighted by molar-refractivity contribution is 0.0391. The highest BCUT2D eigenvalue weighted by molar-refractivity contribution is 7.22. The van der Waals surface area contributed by atoms with Gasteiger partial charge < -0.3 is 14.2 Å². The SMILES string of the molecule is COC(=O)c1ccc(C(=O)N(CCN2CCOCC2)c2nc3cc(OC)ccc3s2)cc1. The molecule has 2 aromatic carbocycles. The Kier molecular flexibility index (Phi) is 6.99. The number of thiazole rings is 1. The summed E-state index contributed by atoms with van der Waals surface area (Å²) in [5.74, 6) is 0.118. The van der Waals surface area contributed by atoms with Crippen LogP contribution in [0.4, 0.5) is 5.13 Å². The van der Waals surface area contributed by atoms with Crippen molar-refractivity contribution in [1.29, 1.82) is 0 Å². The molecule has 1 aliphatic rings. The predicted molar refractivity (Wildman–Crippen MR) is 123 cm³/mol. The van der Waals surface area contributed by atoms with E-state index in [1.54, 1.807) is 36.3 Å². The van der Waals surface area contributed by atoms with Crippen LogP contribution >= 0.6 is 11.3 Å². The van der Waals surface area contributed by atoms with Crippen LogP contribution in [0.5, 0.6) is 5.75 Å². The van der Waals surface area contributed by atoms with Crippen molar-refractivity contribution in [2.75, 3.05) is 58.5 Å². The standard InChI is InChI=1S/C23H25N3O5S/c1-29-18-7-8-20-19(15-18)24-23(32-20)26(10-9-25-11-13-31-14-12-25)21(27)16-3-5-17(6-4-16)22(28)30-2/h3-8,15H,9-14H2,1-2H3. The summed E-state index contributed by atoms with van der Waals surface area (Å²) in [5, 5.41) is 0.628. The molecule has 0 atom stereocenters. The van der Waals surface area contributed by atoms with Gasteiger partial charge in [0.15, 0.2) is 5.13 Å². The molecule has 0 radical (unpaired) electrons. The summed E-state index contributed by atoms with van der Waals surface area (Å²) in [6.07, 6.45) is 0. The Labute approximate surface area is 190 Å². The first-order valence-corrected chi connectivity index (χ1v) is 11.2. The summed E-state index contributed by atoms with van der Waals surface area (Å²) >= 11 is 1.47. The van der Waals surface area contributed by atoms with E-state index in [-0.39, 0.29) is 5.91 Å². The summed E-state index contributed by atoms with van der Waals surface area (Å²) < 4.78 is 16.5. The Morgan fingerprint density at radius 2 is 1.81 bits per heavy atom. The largest absolute Gasteiger partial charge is 0.497 e. The summed E-state index contributed by atoms with van der Waals surface area (Å²) in [6.45, 7) is 4.29. The maximum atomic E-state index is 13.5. The van der Waals surface area contributed by atoms with Crippen LogP contribution in [0.15, 0.2) is 42.5 Å². The zero-order valence-corrected chi connectivity index (χ0v) is 18.9. The van der Waals surface area contributed by atoms with Crippen molar-refractivity contribution in [2.45, 2.75) is 0 Å². The number of hydrogen-bond donors (Lipinski definition) is 0. The minimum atomic E-state index is -0.437. The third-order valence-corrected chi connectivity index (χ3v) is 6.42. The topological polar surface area (TPSA) is 81.2 Å². The summed E-state index contributed by atoms with van der Waals surface area (Å²) in [4.78, 5) is 33.9. The first-order valence-electron chi connectivity index (χ1n) is 10.3. The van der Waals surface area contributed by atoms with Crippen LogP contribution in [0.3, 0.4) is 0 Å². The van der Waals surface area contributed by atoms with Crippen molar-refractivity contribution in [2.24, 2.45) is 0 Å². The second kappa shape index (κ2) is 10.1. The zero-order chi connectivity index (χ0) is 22.5. The number of nitrogens with zero attached hydrogens (tertiary/aromatic N) is 3. The summed E-state index contributed by atoms with van der Waals surface area (Å²) in [6, 6.07) is 12.2. The van der Waals surface area contributed by atoms with Gasteiger partial charge in [-0.1, -0.05) is 11.3 Å². The van der Waals surface area contributed by atoms with Crippen LogP contribution < -0.4 is 9.64 Å². The fourth-order valence-electron chi connectivity index (χ4n) is 3.51. The number of carbonyl (C=O) groups is 2. The maximum Gasteiger partial charge on any atom is 0.337 e. The molecule has 1 amide bonds. The Balaban J connectivity index is 1.62. The Morgan fingerprint density at radius 1 is 1.09 bits per heavy atom. The van der Waals surface area contributed by atoms with Gasteiger partial charge in [0.2, 0.25) is 0 Å². The number of aromatic nitrogens is 1. The number of carbonyl (C=O) groups excluding carboxylic acids is 2. The van der Waals surface area contributed by atoms with Crippen LogP contribution in [-0.4, -0.2) is 75.4 Å². The van der Waals surface area contributed by atoms with Crippen molar-refractivity contribution in [3.05, 3.63) is 53.6 Å². The van der Waals surface area contributed by atoms with Crippen LogP contribution in [0, 0.1) is 0 Å². The number of ether oxygens (including phenoxy) is 3. The van der Waals surface area contributed by atoms with Crippen molar-refractivity contribution >= 4 is 38.6 Å². The van der Waals surface area contributed by atoms with E-state index in [9.17, 15) is 9.59 Å². The first kappa shape index (κ1) is 22.2. The highest BCUT2D eigenvalue weighted by Gasteiger charge is 2.23. The van der Waals surface area contributed by atoms with E-state index in [0.29, 0.717) is 42.6 Å². The predicted octanol–water partition coefficient (Wildman–Crippen LogP) is 3.07. The molecule has 1 saturated heterocycles. The van der Waals surface area contributed by atoms with Gasteiger partial charge in [0.25, 0.3) is 5.91 Å². The number of anilines is 1. The van der Waals surface area contributed by atoms with Crippen molar-refractivity contribution < 1.29 is 23.8 Å². The highest BCUT2D eigenvalue weighted by atomic mass is 32.1. The Hall–Kier alpha value is -3.01. The second-order valence-corrected chi connectivity index (χ2v) is 8.32. The van der Waals surface area contributed by atoms with Gasteiger partial charge in [-0.25, -0.2) is 9.78 Å². The number of amides is 1. The summed E-state index contributed by atoms with van der Waals surface area (Å²) in [7, 11) is 2.95. The Morgan fingerprint density at radius 3 is 2.50 bits per heavy atom. The molecule has 9 heteroatoms. The molecule has 168 valence electrons. The van der Waals surface area contributed by atoms with E-state index < -0.39 is 5.97 Å². The molecule has 4 rings (SSSR count). The third kappa shape index (κ3) is 4.90. The number of fused-ring (bicyclic) bond motifs is 1. The van der Waals surface area contributed by atoms with Crippen LogP contribution in [-0.2, 0) is 9.47 Å². The van der Waals surface area contributed by atoms with Crippen LogP contribution in [0.2, 0.25) is 0 Å². The number of methoxy groups -OCH3 is 2. The fraction of sp³-hybridized carbons (Fsp3) is 0.348. The average Bonchev–Trinajstić information content (AvgIpc) is 3.27. The monoisotopic (exact) mass is 455 g/mol. The van der Waals surface area contributed by atoms with Crippen LogP contribution in [0.1, 0.15) is 20.7 Å². The summed E-state index contributed by atoms with van der Waals surface area (Å²) in [5.41, 5.74) is 1.67. The van der Waals surface area contributed by atoms with Crippen molar-refractivity contribution in [3.8, 4) is 5.75 Å². The molecule has 0 bridgehead atoms. The minimum absolute atomic E-state index is 0.166. The van der Waals surface area contributed by atoms with E-state index in [2.05, 4.69) is 4.90 Å². The van der Waals surface area contributed by atoms with Gasteiger partial charge in [0.05, 0.1) is 43.2 Å². The molecule has 0 saturated carbocycles. The maximum absolute atomic E-state index is 13.5. The van der Waals surface area contributed by atoms with E-state index in [1.165, 1.54) is 18.4 Å². The lowest BCUT2D eigenvalue weighted by Crippen LogP contribution is -2.43. The minimum Gasteiger partial charge on any atom is -0.497 e. The second-order valence-electron chi connectivity index (χ2n) is 7.31. The molecule has 0 N–H and O–H groups in total. The smallest absolute Gasteiger partial charge is 0.337 e. The molecule has 1 aromatic heterocycles. The molecule has 1 aliphatic heterocycles. The van der Waals surface area contributed by atoms with Gasteiger partial charge in [-0.15, -0.1) is 0 Å². The van der Waals surface area contributed by atoms with Crippen LogP contribution in [0.25, 0.3) is 10.2 Å². The zero-order valence-electron chi connectivity index (χ0n) is 18.1. The van der Waals surface area contributed by atoms with Gasteiger partial charge >= 0.3 is 5.97 Å². The van der Waals surface area contributed by atoms with E-state index in [0.717, 1.165) is 29.1 Å². The van der Waals surface area contributed by atoms with Gasteiger partial charge in [-0.2, -0.15) is 0 Å². The van der Waals surface area contributed by atoms with Crippen molar-refractivity contribution in [1.82, 2.24) is 9.88 Å². The average molecular weight is 456 g/mol. The molecular weight excluding hydrogens is 430 g/mol. The Bertz CT molecular complexity index is 1090. The lowest BCUT2D eigenvalue weighted by atomic mass is 10.1. The first-order chi connectivity index (χ1) is 15.6. The number of benzene rings is 2. The highest BCUT2D eigenvalue weighted by Crippen LogP contribution is 2.32. The number of hydrogen-bond acceptors (Lipinski definition) is 8. The molecule has 0 aliphatic carbocycles. The molecule has 8 nitrogen and oxygen atoms in total. The molecule has 1 fully saturated rings. The number of rotatable bonds is 7. The van der Waals surface area contributed by atoms with Gasteiger partial charge in [-0.05, 0) is 36.4 Å². The van der Waals surface area contributed by atoms with E-state index in [1.807, 2.05) is 18.2 Å². The molecule has 32 heavy (non-hydrogen) atoms. The molecule has 0 unspecified atom stereocenters. The molecule has 3 aromatic rings. The number of morpholine rings is 1. The molecule has 0 spiro atoms. The van der Waals surface area contributed by atoms with Gasteiger partial charge in [0, 0.05) is 37.8 Å². The quantitative estimate of drug-likeness (QED) is 0.507. The molecule has 2 heterocycles. The van der Waals surface area contributed by atoms with Gasteiger partial charge in [0.1, 0.15) is 5.75 Å². The number of esters is 1. The van der Waals surface area contributed by atoms with Crippen molar-refractivity contribution in [3.63, 3.8) is 0 Å². The van der Waals surface area contributed by atoms with E-state index in [4.69, 9.17) is 19.2 Å². The lowest BCUT2D eigenvalue weighted by Gasteiger charge is -2.29.